The molecule has 4 aliphatic rings. The molecule has 1 heterocycles. The predicted octanol–water partition coefficient (Wildman–Crippen LogP) is 0.376. The molecule has 2 saturated carbocycles. The molecule has 3 aliphatic carbocycles. The van der Waals surface area contributed by atoms with Crippen molar-refractivity contribution in [2.75, 3.05) is 47.3 Å². The highest BCUT2D eigenvalue weighted by molar-refractivity contribution is 6.32. The lowest BCUT2D eigenvalue weighted by Gasteiger charge is -2.56. The fourth-order valence-electron chi connectivity index (χ4n) is 8.86. The molecule has 6 rings (SSSR count). The fraction of sp³-hybridized carbons (Fsp3) is 0.528. The SMILES string of the molecule is CCc1cc(-c2cccc(CN3CCN(C)CC3)c2)c(O)c2c1[C@H](C)[C@@H]1C(C2=O)C(=O)[C@]2(O)C(=O)C(C(N)=O)C(=O)[C@@H](N(C)C)[C@@H]2[C@H]1O. The topological polar surface area (TPSA) is 182 Å². The van der Waals surface area contributed by atoms with E-state index < -0.39 is 76.4 Å². The third-order valence-electron chi connectivity index (χ3n) is 11.3. The highest BCUT2D eigenvalue weighted by Gasteiger charge is 2.73. The highest BCUT2D eigenvalue weighted by atomic mass is 16.3. The third kappa shape index (κ3) is 4.96. The molecule has 256 valence electrons. The number of nitrogens with two attached hydrogens (primary N) is 1. The van der Waals surface area contributed by atoms with Gasteiger partial charge in [0.2, 0.25) is 5.91 Å². The molecule has 0 aromatic heterocycles. The first kappa shape index (κ1) is 34.1. The molecule has 1 amide bonds. The van der Waals surface area contributed by atoms with E-state index in [1.54, 1.807) is 6.92 Å². The fourth-order valence-corrected chi connectivity index (χ4v) is 8.86. The number of amides is 1. The van der Waals surface area contributed by atoms with E-state index >= 15 is 0 Å². The van der Waals surface area contributed by atoms with Crippen molar-refractivity contribution in [2.45, 2.75) is 50.5 Å². The number of piperazine rings is 1. The van der Waals surface area contributed by atoms with Gasteiger partial charge in [-0.05, 0) is 67.9 Å². The largest absolute Gasteiger partial charge is 0.507 e. The molecule has 8 atom stereocenters. The number of hydrogen-bond acceptors (Lipinski definition) is 11. The van der Waals surface area contributed by atoms with E-state index in [4.69, 9.17) is 5.73 Å². The summed E-state index contributed by atoms with van der Waals surface area (Å²) in [6.45, 7) is 8.17. The van der Waals surface area contributed by atoms with Crippen molar-refractivity contribution in [2.24, 2.45) is 29.4 Å². The summed E-state index contributed by atoms with van der Waals surface area (Å²) in [5.41, 5.74) is 5.67. The maximum Gasteiger partial charge on any atom is 0.235 e. The Kier molecular flexibility index (Phi) is 8.70. The Balaban J connectivity index is 1.46. The number of carbonyl (C=O) groups is 5. The van der Waals surface area contributed by atoms with E-state index in [1.165, 1.54) is 19.0 Å². The van der Waals surface area contributed by atoms with Crippen LogP contribution in [0.25, 0.3) is 11.1 Å². The standard InChI is InChI=1S/C36H44N4O8/c1-6-19-15-21(20-9-7-8-18(14-20)16-40-12-10-39(5)11-13-40)29(41)24-22(19)17(2)23-25(30(24)42)33(45)36(48)27(31(23)43)28(38(3)4)32(44)26(34(36)46)35(37)47/h7-9,14-15,17,23,25-28,31,41,43,48H,6,10-13,16H2,1-5H3,(H2,37,47)/t17-,23+,25?,26?,27+,28-,31-,36-/m0/s1. The van der Waals surface area contributed by atoms with E-state index in [0.29, 0.717) is 23.1 Å². The lowest BCUT2D eigenvalue weighted by atomic mass is 9.49. The van der Waals surface area contributed by atoms with Crippen molar-refractivity contribution in [1.82, 2.24) is 14.7 Å². The first-order valence-electron chi connectivity index (χ1n) is 16.6. The van der Waals surface area contributed by atoms with Crippen LogP contribution in [0.4, 0.5) is 0 Å². The van der Waals surface area contributed by atoms with Crippen molar-refractivity contribution >= 4 is 29.0 Å². The van der Waals surface area contributed by atoms with Gasteiger partial charge in [-0.15, -0.1) is 0 Å². The van der Waals surface area contributed by atoms with Crippen LogP contribution in [0, 0.1) is 23.7 Å². The maximum absolute atomic E-state index is 14.5. The van der Waals surface area contributed by atoms with Crippen LogP contribution >= 0.6 is 0 Å². The number of likely N-dealkylation sites (N-methyl/N-ethyl adjacent to an activating group) is 2. The predicted molar refractivity (Wildman–Crippen MR) is 175 cm³/mol. The summed E-state index contributed by atoms with van der Waals surface area (Å²) >= 11 is 0. The highest BCUT2D eigenvalue weighted by Crippen LogP contribution is 2.56. The van der Waals surface area contributed by atoms with Gasteiger partial charge in [0.15, 0.2) is 34.7 Å². The smallest absolute Gasteiger partial charge is 0.235 e. The summed E-state index contributed by atoms with van der Waals surface area (Å²) in [5.74, 6) is -13.3. The molecule has 0 spiro atoms. The van der Waals surface area contributed by atoms with Crippen LogP contribution in [0.15, 0.2) is 30.3 Å². The second-order valence-electron chi connectivity index (χ2n) is 14.2. The molecule has 3 fully saturated rings. The second kappa shape index (κ2) is 12.3. The van der Waals surface area contributed by atoms with Gasteiger partial charge in [0.05, 0.1) is 29.5 Å². The van der Waals surface area contributed by atoms with E-state index in [-0.39, 0.29) is 11.3 Å². The number of phenolic OH excluding ortho intramolecular Hbond substituents is 1. The number of Topliss-reactive ketones (excluding diaryl/α,β-unsaturated/α-hetero) is 4. The van der Waals surface area contributed by atoms with Crippen molar-refractivity contribution in [1.29, 1.82) is 0 Å². The molecule has 12 heteroatoms. The van der Waals surface area contributed by atoms with Gasteiger partial charge in [-0.3, -0.25) is 33.8 Å². The minimum absolute atomic E-state index is 0.0832. The Morgan fingerprint density at radius 2 is 1.73 bits per heavy atom. The molecule has 0 radical (unpaired) electrons. The Morgan fingerprint density at radius 1 is 1.06 bits per heavy atom. The number of benzene rings is 2. The van der Waals surface area contributed by atoms with Crippen molar-refractivity contribution in [3.05, 3.63) is 52.6 Å². The lowest BCUT2D eigenvalue weighted by molar-refractivity contribution is -0.196. The van der Waals surface area contributed by atoms with Gasteiger partial charge < -0.3 is 26.0 Å². The van der Waals surface area contributed by atoms with Gasteiger partial charge in [0, 0.05) is 44.2 Å². The van der Waals surface area contributed by atoms with Crippen molar-refractivity contribution < 1.29 is 39.3 Å². The minimum atomic E-state index is -3.03. The first-order chi connectivity index (χ1) is 22.6. The lowest BCUT2D eigenvalue weighted by Crippen LogP contribution is -2.77. The van der Waals surface area contributed by atoms with Gasteiger partial charge >= 0.3 is 0 Å². The number of aliphatic hydroxyl groups is 2. The number of primary amides is 1. The van der Waals surface area contributed by atoms with E-state index in [9.17, 15) is 39.3 Å². The van der Waals surface area contributed by atoms with Crippen LogP contribution in [-0.4, -0.2) is 124 Å². The number of carbonyl (C=O) groups excluding carboxylic acids is 5. The quantitative estimate of drug-likeness (QED) is 0.315. The second-order valence-corrected chi connectivity index (χ2v) is 14.2. The normalized spacial score (nSPS) is 32.6. The number of ketones is 4. The van der Waals surface area contributed by atoms with E-state index in [1.807, 2.05) is 37.3 Å². The molecule has 5 N–H and O–H groups in total. The zero-order chi connectivity index (χ0) is 35.0. The average molecular weight is 661 g/mol. The first-order valence-corrected chi connectivity index (χ1v) is 16.6. The average Bonchev–Trinajstić information content (AvgIpc) is 3.03. The van der Waals surface area contributed by atoms with Crippen LogP contribution in [0.3, 0.4) is 0 Å². The van der Waals surface area contributed by atoms with Crippen LogP contribution in [0.5, 0.6) is 5.75 Å². The number of aliphatic hydroxyl groups excluding tert-OH is 1. The summed E-state index contributed by atoms with van der Waals surface area (Å²) in [6, 6.07) is 8.17. The molecule has 48 heavy (non-hydrogen) atoms. The molecule has 0 bridgehead atoms. The van der Waals surface area contributed by atoms with Crippen molar-refractivity contribution in [3.63, 3.8) is 0 Å². The van der Waals surface area contributed by atoms with Gasteiger partial charge in [-0.25, -0.2) is 0 Å². The van der Waals surface area contributed by atoms with Gasteiger partial charge in [0.1, 0.15) is 5.75 Å². The third-order valence-corrected chi connectivity index (χ3v) is 11.3. The number of fused-ring (bicyclic) bond motifs is 3. The summed E-state index contributed by atoms with van der Waals surface area (Å²) in [5, 5.41) is 35.7. The molecule has 1 saturated heterocycles. The number of rotatable bonds is 6. The number of phenols is 1. The van der Waals surface area contributed by atoms with Crippen LogP contribution in [-0.2, 0) is 32.1 Å². The summed E-state index contributed by atoms with van der Waals surface area (Å²) in [7, 11) is 5.04. The molecule has 1 aliphatic heterocycles. The Morgan fingerprint density at radius 3 is 2.33 bits per heavy atom. The van der Waals surface area contributed by atoms with E-state index in [2.05, 4.69) is 16.8 Å². The number of aryl methyl sites for hydroxylation is 1. The zero-order valence-electron chi connectivity index (χ0n) is 28.0. The maximum atomic E-state index is 14.5. The summed E-state index contributed by atoms with van der Waals surface area (Å²) < 4.78 is 0. The van der Waals surface area contributed by atoms with Crippen LogP contribution < -0.4 is 5.73 Å². The molecular formula is C36H44N4O8. The summed E-state index contributed by atoms with van der Waals surface area (Å²) in [6.07, 6.45) is -1.20. The number of nitrogens with zero attached hydrogens (tertiary/aromatic N) is 3. The molecule has 2 aromatic carbocycles. The Bertz CT molecular complexity index is 1720. The Labute approximate surface area is 279 Å². The Hall–Kier alpha value is -3.81. The van der Waals surface area contributed by atoms with Crippen LogP contribution in [0.1, 0.15) is 46.8 Å². The van der Waals surface area contributed by atoms with Gasteiger partial charge in [-0.2, -0.15) is 0 Å². The van der Waals surface area contributed by atoms with Crippen LogP contribution in [0.2, 0.25) is 0 Å². The monoisotopic (exact) mass is 660 g/mol. The number of hydrogen-bond donors (Lipinski definition) is 4. The van der Waals surface area contributed by atoms with E-state index in [0.717, 1.165) is 43.9 Å². The van der Waals surface area contributed by atoms with Gasteiger partial charge in [0.25, 0.3) is 0 Å². The van der Waals surface area contributed by atoms with Crippen molar-refractivity contribution in [3.8, 4) is 16.9 Å². The number of aromatic hydroxyl groups is 1. The summed E-state index contributed by atoms with van der Waals surface area (Å²) in [4.78, 5) is 74.3. The molecule has 2 unspecified atom stereocenters. The minimum Gasteiger partial charge on any atom is -0.507 e. The molecule has 12 nitrogen and oxygen atoms in total. The molecular weight excluding hydrogens is 616 g/mol. The molecule has 2 aromatic rings. The van der Waals surface area contributed by atoms with Gasteiger partial charge in [-0.1, -0.05) is 32.0 Å². The zero-order valence-corrected chi connectivity index (χ0v) is 28.0.